The van der Waals surface area contributed by atoms with E-state index in [4.69, 9.17) is 22.6 Å². The minimum atomic E-state index is -1.89. The van der Waals surface area contributed by atoms with Crippen LogP contribution in [0.3, 0.4) is 0 Å². The van der Waals surface area contributed by atoms with Gasteiger partial charge in [-0.15, -0.1) is 11.8 Å². The summed E-state index contributed by atoms with van der Waals surface area (Å²) in [6.45, 7) is 12.2. The maximum atomic E-state index is 15.8. The number of hydrogen-bond acceptors (Lipinski definition) is 22. The molecule has 1 unspecified atom stereocenters. The molecule has 3 aliphatic rings. The number of primary amides is 2. The van der Waals surface area contributed by atoms with Crippen molar-refractivity contribution in [1.29, 1.82) is 5.41 Å². The lowest BCUT2D eigenvalue weighted by Gasteiger charge is -2.36. The number of likely N-dealkylation sites (N-methyl/N-ethyl adjacent to an activating group) is 3. The van der Waals surface area contributed by atoms with Crippen molar-refractivity contribution in [2.75, 3.05) is 65.4 Å². The summed E-state index contributed by atoms with van der Waals surface area (Å²) in [5.41, 5.74) is 21.0. The van der Waals surface area contributed by atoms with E-state index in [1.54, 1.807) is 74.8 Å². The number of thioether (sulfide) groups is 1. The highest BCUT2D eigenvalue weighted by molar-refractivity contribution is 8.00. The van der Waals surface area contributed by atoms with E-state index in [1.807, 2.05) is 58.9 Å². The molecule has 44 heteroatoms. The van der Waals surface area contributed by atoms with Crippen LogP contribution in [0.25, 0.3) is 21.8 Å². The summed E-state index contributed by atoms with van der Waals surface area (Å²) in [7, 11) is 3.98. The van der Waals surface area contributed by atoms with Gasteiger partial charge in [0.05, 0.1) is 37.8 Å². The molecule has 6 heterocycles. The number of hydrogen-bond donors (Lipinski definition) is 20. The number of benzene rings is 3. The highest BCUT2D eigenvalue weighted by Crippen LogP contribution is 2.29. The van der Waals surface area contributed by atoms with E-state index in [9.17, 15) is 39.0 Å². The minimum Gasteiger partial charge on any atom is -0.394 e. The Bertz CT molecular complexity index is 5370. The minimum absolute atomic E-state index is 0.00504. The van der Waals surface area contributed by atoms with Crippen molar-refractivity contribution < 1.29 is 91.7 Å². The van der Waals surface area contributed by atoms with Crippen molar-refractivity contribution in [1.82, 2.24) is 103 Å². The van der Waals surface area contributed by atoms with Crippen LogP contribution in [0, 0.1) is 11.3 Å². The summed E-state index contributed by atoms with van der Waals surface area (Å²) < 4.78 is 0. The first kappa shape index (κ1) is 110. The topological polar surface area (TPSA) is 641 Å². The van der Waals surface area contributed by atoms with Crippen molar-refractivity contribution in [3.8, 4) is 0 Å². The van der Waals surface area contributed by atoms with Crippen molar-refractivity contribution in [2.45, 2.75) is 267 Å². The lowest BCUT2D eigenvalue weighted by atomic mass is 9.86. The number of aliphatic hydroxyl groups is 2. The molecular weight excluding hydrogens is 1830 g/mol. The number of fused-ring (bicyclic) bond motifs is 4. The molecule has 3 aromatic carbocycles. The number of carbonyl (C=O) groups excluding carboxylic acids is 17. The molecule has 15 atom stereocenters. The standard InChI is InChI=1S/C96H138N24O19S/c1-12-14-27-74-87(132)108-65(26-20-36-102-95(99)100)83(128)115-73(82(127)105-47-79(98)124)50-140-51-80(125)107-66(35-32-55-30-33-58(34-31-55)96(6,7)8)90(135)116(9)54(5)81(126)111-71(43-78(97)123)92(137)119-37-21-29-75(119)88(133)110-68(41-59-46-101-52-106-59)85(130)112-69(38-53(3)4)93(138)120-48-60(122)42-77(120)89(134)109-67(39-56-44-103-63-24-18-16-22-61(56)63)84(129)114-72(49-121)86(131)113-70(40-57-45-104-64-25-19-17-23-62(57)64)91(136)118(11)76(28-15-13-2)94(139)117(74)10/h16-19,22-25,30-31,33-34,44-46,52-54,60,65-77,103-104,121-122H,12-15,20-21,26-29,32,35-43,47-51H2,1-11H3,(H2,97,123)(H2,98,124)(H,101,106)(H,105,127)(H,107,125)(H,108,132)(H,109,134)(H,110,133)(H,111,126)(H,112,130)(H,113,131)(H,114,129)(H,115,128)(H4,99,100,102)/t54-,60+,65-,66-,67-,68-,69-,70-,71-,72-,73-,74-,75-,76-,77?/m0/s1. The molecule has 3 aliphatic heterocycles. The van der Waals surface area contributed by atoms with Gasteiger partial charge in [0, 0.05) is 118 Å². The van der Waals surface area contributed by atoms with Crippen LogP contribution in [-0.2, 0) is 113 Å². The van der Waals surface area contributed by atoms with Crippen LogP contribution in [0.15, 0.2) is 97.7 Å². The van der Waals surface area contributed by atoms with Gasteiger partial charge in [-0.1, -0.05) is 135 Å². The van der Waals surface area contributed by atoms with E-state index >= 15 is 52.7 Å². The van der Waals surface area contributed by atoms with Crippen LogP contribution in [0.1, 0.15) is 173 Å². The highest BCUT2D eigenvalue weighted by atomic mass is 32.2. The number of guanidine groups is 1. The lowest BCUT2D eigenvalue weighted by Crippen LogP contribution is -2.62. The predicted molar refractivity (Wildman–Crippen MR) is 521 cm³/mol. The molecule has 23 N–H and O–H groups in total. The number of aromatic nitrogens is 4. The Kier molecular flexibility index (Phi) is 40.9. The largest absolute Gasteiger partial charge is 0.394 e. The van der Waals surface area contributed by atoms with Gasteiger partial charge in [0.2, 0.25) is 100 Å². The molecule has 0 radical (unpaired) electrons. The number of aliphatic hydroxyl groups excluding tert-OH is 2. The summed E-state index contributed by atoms with van der Waals surface area (Å²) in [5.74, 6) is -17.5. The number of aryl methyl sites for hydroxylation is 1. The van der Waals surface area contributed by atoms with E-state index in [-0.39, 0.29) is 108 Å². The Morgan fingerprint density at radius 2 is 1.10 bits per heavy atom. The molecule has 17 amide bonds. The van der Waals surface area contributed by atoms with Crippen molar-refractivity contribution in [2.24, 2.45) is 23.1 Å². The zero-order valence-corrected chi connectivity index (χ0v) is 82.1. The molecular formula is C96H138N24O19S. The van der Waals surface area contributed by atoms with Crippen molar-refractivity contribution in [3.05, 3.63) is 126 Å². The Balaban J connectivity index is 1.11. The number of aromatic amines is 3. The third-order valence-corrected chi connectivity index (χ3v) is 26.5. The molecule has 3 fully saturated rings. The van der Waals surface area contributed by atoms with Gasteiger partial charge in [-0.05, 0) is 110 Å². The number of nitrogens with one attached hydrogen (secondary N) is 15. The maximum Gasteiger partial charge on any atom is 0.246 e. The zero-order chi connectivity index (χ0) is 103. The number of carbonyl (C=O) groups is 17. The molecule has 0 spiro atoms. The SMILES string of the molecule is CCCC[C@H]1C(=O)N(C)[C@@H](CCCC)C(=O)N[C@@H](CCCNC(=N)N)C(=O)N[C@H](C(=O)NCC(N)=O)CSCC(=O)N[C@@H](CCc2ccc(C(C)(C)C)cc2)C(=O)N(C)[C@@H](C)C(=O)N[C@@H](CC(N)=O)C(=O)N2CCC[C@H]2C(=O)N[C@@H](Cc2cnc[nH]2)C(=O)N[C@@H](CC(C)C)C(=O)N2C[C@H](O)CC2C(=O)N[C@@H](Cc2c[nH]c3ccccc23)C(=O)N[C@@H](CO)C(=O)N[C@@H](Cc2c[nH]c3ccccc23)C(=O)N1C. The summed E-state index contributed by atoms with van der Waals surface area (Å²) >= 11 is 0.803. The summed E-state index contributed by atoms with van der Waals surface area (Å²) in [4.78, 5) is 271. The average Bonchev–Trinajstić information content (AvgIpc) is 1.69. The van der Waals surface area contributed by atoms with Gasteiger partial charge < -0.3 is 125 Å². The molecule has 9 rings (SSSR count). The number of unbranched alkanes of at least 4 members (excludes halogenated alkanes) is 2. The molecule has 0 aliphatic carbocycles. The molecule has 0 bridgehead atoms. The van der Waals surface area contributed by atoms with Gasteiger partial charge >= 0.3 is 0 Å². The van der Waals surface area contributed by atoms with Crippen molar-refractivity contribution in [3.63, 3.8) is 0 Å². The fourth-order valence-corrected chi connectivity index (χ4v) is 18.3. The third-order valence-electron chi connectivity index (χ3n) is 25.5. The van der Waals surface area contributed by atoms with Crippen LogP contribution in [0.5, 0.6) is 0 Å². The normalized spacial score (nSPS) is 24.4. The number of nitrogens with two attached hydrogens (primary N) is 3. The third kappa shape index (κ3) is 30.7. The summed E-state index contributed by atoms with van der Waals surface area (Å²) in [5, 5.41) is 61.3. The van der Waals surface area contributed by atoms with Crippen LogP contribution in [0.4, 0.5) is 0 Å². The van der Waals surface area contributed by atoms with Crippen LogP contribution in [-0.4, -0.2) is 317 Å². The zero-order valence-electron chi connectivity index (χ0n) is 81.3. The second-order valence-electron chi connectivity index (χ2n) is 37.6. The monoisotopic (exact) mass is 1960 g/mol. The van der Waals surface area contributed by atoms with Gasteiger partial charge in [0.25, 0.3) is 0 Å². The van der Waals surface area contributed by atoms with E-state index in [2.05, 4.69) is 78.4 Å². The first-order chi connectivity index (χ1) is 66.5. The van der Waals surface area contributed by atoms with Gasteiger partial charge in [0.1, 0.15) is 84.6 Å². The molecule has 0 saturated carbocycles. The molecule has 762 valence electrons. The van der Waals surface area contributed by atoms with Gasteiger partial charge in [-0.2, -0.15) is 0 Å². The molecule has 6 aromatic rings. The number of amides is 17. The highest BCUT2D eigenvalue weighted by Gasteiger charge is 2.47. The Hall–Kier alpha value is -13.5. The van der Waals surface area contributed by atoms with Gasteiger partial charge in [-0.3, -0.25) is 86.9 Å². The molecule has 3 saturated heterocycles. The van der Waals surface area contributed by atoms with Crippen LogP contribution < -0.4 is 75.7 Å². The molecule has 3 aromatic heterocycles. The van der Waals surface area contributed by atoms with E-state index in [0.29, 0.717) is 64.3 Å². The fraction of sp³-hybridized carbons (Fsp3) is 0.552. The van der Waals surface area contributed by atoms with E-state index in [0.717, 1.165) is 47.4 Å². The smallest absolute Gasteiger partial charge is 0.246 e. The number of para-hydroxylation sites is 2. The quantitative estimate of drug-likeness (QED) is 0.0168. The maximum absolute atomic E-state index is 15.8. The lowest BCUT2D eigenvalue weighted by molar-refractivity contribution is -0.149. The molecule has 140 heavy (non-hydrogen) atoms. The summed E-state index contributed by atoms with van der Waals surface area (Å²) in [6.07, 6.45) is 4.21. The Morgan fingerprint density at radius 3 is 1.69 bits per heavy atom. The van der Waals surface area contributed by atoms with E-state index < -0.39 is 235 Å². The van der Waals surface area contributed by atoms with Crippen molar-refractivity contribution >= 4 is 140 Å². The van der Waals surface area contributed by atoms with Gasteiger partial charge in [-0.25, -0.2) is 4.98 Å². The first-order valence-corrected chi connectivity index (χ1v) is 48.8. The first-order valence-electron chi connectivity index (χ1n) is 47.6. The molecule has 43 nitrogen and oxygen atoms in total. The summed E-state index contributed by atoms with van der Waals surface area (Å²) in [6, 6.07) is 0.0621. The Morgan fingerprint density at radius 1 is 0.557 bits per heavy atom. The second-order valence-corrected chi connectivity index (χ2v) is 38.6. The van der Waals surface area contributed by atoms with Crippen LogP contribution in [0.2, 0.25) is 0 Å². The fourth-order valence-electron chi connectivity index (χ4n) is 17.5. The number of nitrogens with zero attached hydrogens (tertiary/aromatic N) is 6. The second kappa shape index (κ2) is 51.9. The van der Waals surface area contributed by atoms with Crippen LogP contribution >= 0.6 is 11.8 Å². The number of H-pyrrole nitrogens is 3. The number of imidazole rings is 1. The van der Waals surface area contributed by atoms with Gasteiger partial charge in [0.15, 0.2) is 5.96 Å². The Labute approximate surface area is 817 Å². The predicted octanol–water partition coefficient (Wildman–Crippen LogP) is -0.947. The average molecular weight is 1960 g/mol. The number of rotatable bonds is 27. The van der Waals surface area contributed by atoms with E-state index in [1.165, 1.54) is 40.6 Å².